The third kappa shape index (κ3) is 6.45. The fraction of sp³-hybridized carbons (Fsp3) is 0.500. The highest BCUT2D eigenvalue weighted by atomic mass is 35.5. The number of hydrogen-bond donors (Lipinski definition) is 1. The molecule has 1 aromatic carbocycles. The molecule has 4 nitrogen and oxygen atoms in total. The zero-order valence-electron chi connectivity index (χ0n) is 11.5. The Hall–Kier alpha value is -1.26. The van der Waals surface area contributed by atoms with Crippen molar-refractivity contribution in [2.75, 3.05) is 25.6 Å². The van der Waals surface area contributed by atoms with E-state index in [1.54, 1.807) is 19.2 Å². The number of esters is 1. The Kier molecular flexibility index (Phi) is 6.12. The molecule has 0 bridgehead atoms. The summed E-state index contributed by atoms with van der Waals surface area (Å²) < 4.78 is 10.4. The van der Waals surface area contributed by atoms with Crippen LogP contribution in [0, 0.1) is 0 Å². The van der Waals surface area contributed by atoms with E-state index in [0.717, 1.165) is 5.69 Å². The lowest BCUT2D eigenvalue weighted by molar-refractivity contribution is -0.143. The number of methoxy groups -OCH3 is 1. The molecule has 1 N–H and O–H groups in total. The minimum Gasteiger partial charge on any atom is -0.464 e. The second kappa shape index (κ2) is 7.36. The number of benzene rings is 1. The van der Waals surface area contributed by atoms with Crippen LogP contribution in [0.15, 0.2) is 24.3 Å². The lowest BCUT2D eigenvalue weighted by Crippen LogP contribution is -2.26. The average molecular weight is 286 g/mol. The van der Waals surface area contributed by atoms with Crippen LogP contribution >= 0.6 is 11.6 Å². The van der Waals surface area contributed by atoms with Gasteiger partial charge in [0.15, 0.2) is 0 Å². The van der Waals surface area contributed by atoms with E-state index in [-0.39, 0.29) is 18.1 Å². The number of carbonyl (C=O) groups excluding carboxylic acids is 1. The average Bonchev–Trinajstić information content (AvgIpc) is 2.38. The van der Waals surface area contributed by atoms with Gasteiger partial charge >= 0.3 is 5.97 Å². The maximum absolute atomic E-state index is 11.5. The van der Waals surface area contributed by atoms with Gasteiger partial charge in [-0.3, -0.25) is 4.79 Å². The SMILES string of the molecule is COC(C)(C)CCOC(=O)CNc1ccc(Cl)cc1. The Morgan fingerprint density at radius 2 is 1.95 bits per heavy atom. The van der Waals surface area contributed by atoms with Crippen LogP contribution < -0.4 is 5.32 Å². The minimum absolute atomic E-state index is 0.134. The molecular formula is C14H20ClNO3. The van der Waals surface area contributed by atoms with Crippen LogP contribution in [0.25, 0.3) is 0 Å². The lowest BCUT2D eigenvalue weighted by Gasteiger charge is -2.22. The molecule has 0 aliphatic rings. The molecule has 5 heteroatoms. The van der Waals surface area contributed by atoms with E-state index >= 15 is 0 Å². The van der Waals surface area contributed by atoms with Crippen LogP contribution in [0.4, 0.5) is 5.69 Å². The third-order valence-corrected chi connectivity index (χ3v) is 3.05. The summed E-state index contributed by atoms with van der Waals surface area (Å²) in [5.41, 5.74) is 0.558. The van der Waals surface area contributed by atoms with Gasteiger partial charge in [-0.25, -0.2) is 0 Å². The van der Waals surface area contributed by atoms with Crippen molar-refractivity contribution in [2.45, 2.75) is 25.9 Å². The molecule has 1 rings (SSSR count). The van der Waals surface area contributed by atoms with E-state index in [4.69, 9.17) is 21.1 Å². The normalized spacial score (nSPS) is 11.2. The van der Waals surface area contributed by atoms with Gasteiger partial charge in [-0.05, 0) is 38.1 Å². The largest absolute Gasteiger partial charge is 0.464 e. The van der Waals surface area contributed by atoms with Crippen LogP contribution in [0.2, 0.25) is 5.02 Å². The molecule has 0 spiro atoms. The second-order valence-electron chi connectivity index (χ2n) is 4.79. The Labute approximate surface area is 119 Å². The van der Waals surface area contributed by atoms with E-state index < -0.39 is 0 Å². The van der Waals surface area contributed by atoms with Gasteiger partial charge < -0.3 is 14.8 Å². The highest BCUT2D eigenvalue weighted by molar-refractivity contribution is 6.30. The summed E-state index contributed by atoms with van der Waals surface area (Å²) in [6, 6.07) is 7.14. The molecule has 0 aliphatic heterocycles. The molecular weight excluding hydrogens is 266 g/mol. The maximum Gasteiger partial charge on any atom is 0.325 e. The minimum atomic E-state index is -0.290. The first kappa shape index (κ1) is 15.8. The fourth-order valence-electron chi connectivity index (χ4n) is 1.31. The first-order valence-corrected chi connectivity index (χ1v) is 6.51. The highest BCUT2D eigenvalue weighted by Gasteiger charge is 2.16. The van der Waals surface area contributed by atoms with Crippen molar-refractivity contribution in [1.82, 2.24) is 0 Å². The molecule has 1 aromatic rings. The van der Waals surface area contributed by atoms with Gasteiger partial charge in [-0.15, -0.1) is 0 Å². The molecule has 0 unspecified atom stereocenters. The molecule has 0 aliphatic carbocycles. The predicted molar refractivity (Wildman–Crippen MR) is 76.6 cm³/mol. The summed E-state index contributed by atoms with van der Waals surface area (Å²) in [6.45, 7) is 4.39. The number of ether oxygens (including phenoxy) is 2. The van der Waals surface area contributed by atoms with Gasteiger partial charge in [0.1, 0.15) is 6.54 Å². The molecule has 0 radical (unpaired) electrons. The first-order valence-electron chi connectivity index (χ1n) is 6.13. The smallest absolute Gasteiger partial charge is 0.325 e. The van der Waals surface area contributed by atoms with E-state index in [0.29, 0.717) is 18.1 Å². The molecule has 106 valence electrons. The first-order chi connectivity index (χ1) is 8.93. The van der Waals surface area contributed by atoms with Crippen molar-refractivity contribution in [2.24, 2.45) is 0 Å². The number of carbonyl (C=O) groups is 1. The third-order valence-electron chi connectivity index (χ3n) is 2.80. The zero-order chi connectivity index (χ0) is 14.3. The van der Waals surface area contributed by atoms with E-state index in [9.17, 15) is 4.79 Å². The van der Waals surface area contributed by atoms with Crippen LogP contribution in [-0.4, -0.2) is 31.8 Å². The second-order valence-corrected chi connectivity index (χ2v) is 5.23. The van der Waals surface area contributed by atoms with E-state index in [1.807, 2.05) is 26.0 Å². The molecule has 0 atom stereocenters. The summed E-state index contributed by atoms with van der Waals surface area (Å²) in [7, 11) is 1.64. The van der Waals surface area contributed by atoms with Crippen molar-refractivity contribution in [3.05, 3.63) is 29.3 Å². The topological polar surface area (TPSA) is 47.6 Å². The summed E-state index contributed by atoms with van der Waals surface area (Å²) in [5, 5.41) is 3.63. The number of nitrogens with one attached hydrogen (secondary N) is 1. The van der Waals surface area contributed by atoms with E-state index in [2.05, 4.69) is 5.32 Å². The molecule has 0 saturated carbocycles. The Balaban J connectivity index is 2.23. The Morgan fingerprint density at radius 3 is 2.53 bits per heavy atom. The van der Waals surface area contributed by atoms with Gasteiger partial charge in [-0.2, -0.15) is 0 Å². The lowest BCUT2D eigenvalue weighted by atomic mass is 10.1. The summed E-state index contributed by atoms with van der Waals surface area (Å²) >= 11 is 5.77. The van der Waals surface area contributed by atoms with Gasteiger partial charge in [-0.1, -0.05) is 11.6 Å². The van der Waals surface area contributed by atoms with Crippen LogP contribution in [0.3, 0.4) is 0 Å². The molecule has 0 aromatic heterocycles. The zero-order valence-corrected chi connectivity index (χ0v) is 12.3. The molecule has 0 saturated heterocycles. The summed E-state index contributed by atoms with van der Waals surface area (Å²) in [5.74, 6) is -0.290. The predicted octanol–water partition coefficient (Wildman–Crippen LogP) is 3.11. The van der Waals surface area contributed by atoms with Gasteiger partial charge in [0, 0.05) is 24.2 Å². The monoisotopic (exact) mass is 285 g/mol. The number of hydrogen-bond acceptors (Lipinski definition) is 4. The van der Waals surface area contributed by atoms with E-state index in [1.165, 1.54) is 0 Å². The van der Waals surface area contributed by atoms with Crippen LogP contribution in [-0.2, 0) is 14.3 Å². The fourth-order valence-corrected chi connectivity index (χ4v) is 1.43. The summed E-state index contributed by atoms with van der Waals surface area (Å²) in [6.07, 6.45) is 0.663. The van der Waals surface area contributed by atoms with Gasteiger partial charge in [0.2, 0.25) is 0 Å². The van der Waals surface area contributed by atoms with Gasteiger partial charge in [0.25, 0.3) is 0 Å². The Morgan fingerprint density at radius 1 is 1.32 bits per heavy atom. The van der Waals surface area contributed by atoms with Crippen LogP contribution in [0.1, 0.15) is 20.3 Å². The molecule has 0 amide bonds. The molecule has 0 heterocycles. The quantitative estimate of drug-likeness (QED) is 0.782. The van der Waals surface area contributed by atoms with Crippen molar-refractivity contribution in [3.63, 3.8) is 0 Å². The standard InChI is InChI=1S/C14H20ClNO3/c1-14(2,18-3)8-9-19-13(17)10-16-12-6-4-11(15)5-7-12/h4-7,16H,8-10H2,1-3H3. The number of anilines is 1. The van der Waals surface area contributed by atoms with Gasteiger partial charge in [0.05, 0.1) is 12.2 Å². The number of halogens is 1. The van der Waals surface area contributed by atoms with Crippen molar-refractivity contribution in [3.8, 4) is 0 Å². The summed E-state index contributed by atoms with van der Waals surface area (Å²) in [4.78, 5) is 11.5. The van der Waals surface area contributed by atoms with Crippen molar-refractivity contribution in [1.29, 1.82) is 0 Å². The molecule has 19 heavy (non-hydrogen) atoms. The van der Waals surface area contributed by atoms with Crippen molar-refractivity contribution < 1.29 is 14.3 Å². The maximum atomic E-state index is 11.5. The van der Waals surface area contributed by atoms with Crippen molar-refractivity contribution >= 4 is 23.3 Å². The Bertz CT molecular complexity index is 404. The number of rotatable bonds is 7. The van der Waals surface area contributed by atoms with Crippen LogP contribution in [0.5, 0.6) is 0 Å². The molecule has 0 fully saturated rings. The highest BCUT2D eigenvalue weighted by Crippen LogP contribution is 2.14.